The van der Waals surface area contributed by atoms with Crippen molar-refractivity contribution >= 4 is 11.8 Å². The van der Waals surface area contributed by atoms with Crippen molar-refractivity contribution in [1.29, 1.82) is 0 Å². The molecule has 0 aliphatic carbocycles. The highest BCUT2D eigenvalue weighted by atomic mass is 16.5. The van der Waals surface area contributed by atoms with Gasteiger partial charge in [0.05, 0.1) is 0 Å². The van der Waals surface area contributed by atoms with Crippen LogP contribution < -0.4 is 11.1 Å². The number of rotatable bonds is 8. The average Bonchev–Trinajstić information content (AvgIpc) is 2.45. The number of amides is 2. The molecule has 5 heteroatoms. The molecule has 0 aliphatic heterocycles. The monoisotopic (exact) mass is 276 g/mol. The Morgan fingerprint density at radius 1 is 1.40 bits per heavy atom. The van der Waals surface area contributed by atoms with Gasteiger partial charge in [0.25, 0.3) is 5.91 Å². The first-order valence-corrected chi connectivity index (χ1v) is 6.38. The van der Waals surface area contributed by atoms with E-state index in [2.05, 4.69) is 11.9 Å². The molecular weight excluding hydrogens is 256 g/mol. The Balaban J connectivity index is 2.75. The van der Waals surface area contributed by atoms with E-state index in [1.165, 1.54) is 7.11 Å². The van der Waals surface area contributed by atoms with Crippen LogP contribution in [0.15, 0.2) is 43.0 Å². The van der Waals surface area contributed by atoms with E-state index in [1.807, 2.05) is 18.2 Å². The highest BCUT2D eigenvalue weighted by Gasteiger charge is 2.24. The third-order valence-corrected chi connectivity index (χ3v) is 2.90. The number of allylic oxidation sites excluding steroid dienone is 1. The number of nitrogens with two attached hydrogens (primary N) is 1. The lowest BCUT2D eigenvalue weighted by Crippen LogP contribution is -2.46. The highest BCUT2D eigenvalue weighted by molar-refractivity contribution is 5.89. The molecule has 0 unspecified atom stereocenters. The van der Waals surface area contributed by atoms with Gasteiger partial charge in [-0.1, -0.05) is 36.4 Å². The zero-order valence-electron chi connectivity index (χ0n) is 11.5. The van der Waals surface area contributed by atoms with Crippen molar-refractivity contribution in [3.63, 3.8) is 0 Å². The molecule has 5 nitrogen and oxygen atoms in total. The summed E-state index contributed by atoms with van der Waals surface area (Å²) in [6, 6.07) is 8.34. The van der Waals surface area contributed by atoms with Crippen LogP contribution in [0.3, 0.4) is 0 Å². The molecule has 1 aromatic rings. The van der Waals surface area contributed by atoms with Gasteiger partial charge in [0.1, 0.15) is 6.04 Å². The summed E-state index contributed by atoms with van der Waals surface area (Å²) < 4.78 is 5.20. The molecule has 2 atom stereocenters. The second kappa shape index (κ2) is 8.12. The van der Waals surface area contributed by atoms with Gasteiger partial charge >= 0.3 is 0 Å². The van der Waals surface area contributed by atoms with E-state index in [9.17, 15) is 9.59 Å². The van der Waals surface area contributed by atoms with E-state index in [0.29, 0.717) is 12.8 Å². The second-order valence-electron chi connectivity index (χ2n) is 4.36. The number of nitrogens with one attached hydrogen (secondary N) is 1. The fraction of sp³-hybridized carbons (Fsp3) is 0.333. The van der Waals surface area contributed by atoms with Crippen LogP contribution in [0.25, 0.3) is 0 Å². The number of benzene rings is 1. The van der Waals surface area contributed by atoms with Crippen molar-refractivity contribution in [1.82, 2.24) is 5.32 Å². The maximum absolute atomic E-state index is 12.2. The number of hydrogen-bond acceptors (Lipinski definition) is 3. The van der Waals surface area contributed by atoms with Gasteiger partial charge in [-0.3, -0.25) is 9.59 Å². The maximum atomic E-state index is 12.2. The fourth-order valence-electron chi connectivity index (χ4n) is 1.84. The van der Waals surface area contributed by atoms with Crippen LogP contribution in [0.4, 0.5) is 0 Å². The van der Waals surface area contributed by atoms with Crippen LogP contribution >= 0.6 is 0 Å². The summed E-state index contributed by atoms with van der Waals surface area (Å²) in [5.41, 5.74) is 6.00. The average molecular weight is 276 g/mol. The largest absolute Gasteiger partial charge is 0.368 e. The van der Waals surface area contributed by atoms with E-state index in [4.69, 9.17) is 10.5 Å². The van der Waals surface area contributed by atoms with Crippen LogP contribution in [-0.4, -0.2) is 25.0 Å². The Kier molecular flexibility index (Phi) is 6.46. The topological polar surface area (TPSA) is 81.4 Å². The van der Waals surface area contributed by atoms with Crippen molar-refractivity contribution in [2.75, 3.05) is 7.11 Å². The Labute approximate surface area is 118 Å². The Morgan fingerprint density at radius 2 is 2.05 bits per heavy atom. The summed E-state index contributed by atoms with van der Waals surface area (Å²) >= 11 is 0. The zero-order chi connectivity index (χ0) is 15.0. The maximum Gasteiger partial charge on any atom is 0.254 e. The van der Waals surface area contributed by atoms with Gasteiger partial charge in [-0.25, -0.2) is 0 Å². The van der Waals surface area contributed by atoms with Crippen molar-refractivity contribution in [3.8, 4) is 0 Å². The molecule has 3 N–H and O–H groups in total. The van der Waals surface area contributed by atoms with E-state index in [0.717, 1.165) is 5.56 Å². The highest BCUT2D eigenvalue weighted by Crippen LogP contribution is 2.16. The minimum absolute atomic E-state index is 0.383. The minimum Gasteiger partial charge on any atom is -0.368 e. The standard InChI is InChI=1S/C15H20N2O3/c1-3-4-10-12(14(16)18)17-15(19)13(20-2)11-8-6-5-7-9-11/h3,5-9,12-13H,1,4,10H2,2H3,(H2,16,18)(H,17,19)/t12-,13-/m1/s1. The summed E-state index contributed by atoms with van der Waals surface area (Å²) in [6.07, 6.45) is 1.93. The number of carbonyl (C=O) groups excluding carboxylic acids is 2. The number of ether oxygens (including phenoxy) is 1. The van der Waals surface area contributed by atoms with E-state index in [-0.39, 0.29) is 5.91 Å². The second-order valence-corrected chi connectivity index (χ2v) is 4.36. The van der Waals surface area contributed by atoms with E-state index < -0.39 is 18.1 Å². The fourth-order valence-corrected chi connectivity index (χ4v) is 1.84. The normalized spacial score (nSPS) is 13.2. The van der Waals surface area contributed by atoms with Gasteiger partial charge in [0, 0.05) is 7.11 Å². The third kappa shape index (κ3) is 4.51. The first-order chi connectivity index (χ1) is 9.60. The van der Waals surface area contributed by atoms with Gasteiger partial charge in [0.15, 0.2) is 6.10 Å². The van der Waals surface area contributed by atoms with Crippen molar-refractivity contribution in [3.05, 3.63) is 48.6 Å². The minimum atomic E-state index is -0.762. The van der Waals surface area contributed by atoms with E-state index in [1.54, 1.807) is 18.2 Å². The van der Waals surface area contributed by atoms with Crippen molar-refractivity contribution in [2.24, 2.45) is 5.73 Å². The van der Waals surface area contributed by atoms with E-state index >= 15 is 0 Å². The first-order valence-electron chi connectivity index (χ1n) is 6.38. The molecule has 108 valence electrons. The molecule has 0 saturated carbocycles. The van der Waals surface area contributed by atoms with Crippen LogP contribution in [0.5, 0.6) is 0 Å². The number of hydrogen-bond donors (Lipinski definition) is 2. The Bertz CT molecular complexity index is 459. The smallest absolute Gasteiger partial charge is 0.254 e. The van der Waals surface area contributed by atoms with Crippen molar-refractivity contribution < 1.29 is 14.3 Å². The molecular formula is C15H20N2O3. The Hall–Kier alpha value is -2.14. The van der Waals surface area contributed by atoms with Gasteiger partial charge in [-0.2, -0.15) is 0 Å². The van der Waals surface area contributed by atoms with Gasteiger partial charge in [0.2, 0.25) is 5.91 Å². The van der Waals surface area contributed by atoms with Gasteiger partial charge in [-0.15, -0.1) is 6.58 Å². The molecule has 0 bridgehead atoms. The van der Waals surface area contributed by atoms with Gasteiger partial charge in [-0.05, 0) is 18.4 Å². The summed E-state index contributed by atoms with van der Waals surface area (Å²) in [7, 11) is 1.44. The Morgan fingerprint density at radius 3 is 2.55 bits per heavy atom. The van der Waals surface area contributed by atoms with Crippen LogP contribution in [0.2, 0.25) is 0 Å². The predicted octanol–water partition coefficient (Wildman–Crippen LogP) is 1.31. The third-order valence-electron chi connectivity index (χ3n) is 2.90. The number of methoxy groups -OCH3 is 1. The molecule has 1 rings (SSSR count). The summed E-state index contributed by atoms with van der Waals surface area (Å²) in [4.78, 5) is 23.5. The molecule has 1 aromatic carbocycles. The molecule has 0 fully saturated rings. The quantitative estimate of drug-likeness (QED) is 0.702. The molecule has 2 amide bonds. The van der Waals surface area contributed by atoms with Crippen LogP contribution in [0.1, 0.15) is 24.5 Å². The SMILES string of the molecule is C=CCC[C@@H](NC(=O)[C@H](OC)c1ccccc1)C(N)=O. The predicted molar refractivity (Wildman–Crippen MR) is 76.7 cm³/mol. The molecule has 0 saturated heterocycles. The van der Waals surface area contributed by atoms with Crippen LogP contribution in [-0.2, 0) is 14.3 Å². The lowest BCUT2D eigenvalue weighted by Gasteiger charge is -2.20. The summed E-state index contributed by atoms with van der Waals surface area (Å²) in [5.74, 6) is -0.949. The van der Waals surface area contributed by atoms with Crippen LogP contribution in [0, 0.1) is 0 Å². The molecule has 0 radical (unpaired) electrons. The van der Waals surface area contributed by atoms with Crippen molar-refractivity contribution in [2.45, 2.75) is 25.0 Å². The number of primary amides is 1. The molecule has 0 spiro atoms. The number of carbonyl (C=O) groups is 2. The molecule has 0 aromatic heterocycles. The first kappa shape index (κ1) is 15.9. The molecule has 20 heavy (non-hydrogen) atoms. The lowest BCUT2D eigenvalue weighted by atomic mass is 10.1. The molecule has 0 heterocycles. The lowest BCUT2D eigenvalue weighted by molar-refractivity contribution is -0.135. The zero-order valence-corrected chi connectivity index (χ0v) is 11.5. The summed E-state index contributed by atoms with van der Waals surface area (Å²) in [6.45, 7) is 3.58. The van der Waals surface area contributed by atoms with Gasteiger partial charge < -0.3 is 15.8 Å². The summed E-state index contributed by atoms with van der Waals surface area (Å²) in [5, 5.41) is 2.61. The molecule has 0 aliphatic rings.